The third kappa shape index (κ3) is 2.87. The summed E-state index contributed by atoms with van der Waals surface area (Å²) in [6.07, 6.45) is 3.48. The molecule has 7 nitrogen and oxygen atoms in total. The quantitative estimate of drug-likeness (QED) is 0.818. The highest BCUT2D eigenvalue weighted by Gasteiger charge is 2.40. The minimum Gasteiger partial charge on any atom is -0.486 e. The van der Waals surface area contributed by atoms with Crippen LogP contribution in [0.4, 0.5) is 5.95 Å². The van der Waals surface area contributed by atoms with Crippen molar-refractivity contribution in [2.75, 3.05) is 44.4 Å². The molecule has 2 fully saturated rings. The van der Waals surface area contributed by atoms with Crippen LogP contribution < -0.4 is 14.4 Å². The molecule has 136 valence electrons. The van der Waals surface area contributed by atoms with Crippen LogP contribution in [-0.2, 0) is 9.47 Å². The van der Waals surface area contributed by atoms with Gasteiger partial charge in [0.2, 0.25) is 5.95 Å². The van der Waals surface area contributed by atoms with Gasteiger partial charge in [0.05, 0.1) is 18.9 Å². The summed E-state index contributed by atoms with van der Waals surface area (Å²) in [5, 5.41) is 0. The maximum absolute atomic E-state index is 5.80. The van der Waals surface area contributed by atoms with Gasteiger partial charge in [-0.2, -0.15) is 0 Å². The number of piperidine rings is 1. The molecule has 1 spiro atoms. The molecule has 3 aliphatic rings. The summed E-state index contributed by atoms with van der Waals surface area (Å²) in [6.45, 7) is 4.19. The molecule has 26 heavy (non-hydrogen) atoms. The first-order valence-corrected chi connectivity index (χ1v) is 9.07. The Balaban J connectivity index is 1.36. The Hall–Kier alpha value is -2.38. The van der Waals surface area contributed by atoms with Crippen molar-refractivity contribution < 1.29 is 18.9 Å². The van der Waals surface area contributed by atoms with E-state index in [0.29, 0.717) is 26.4 Å². The highest BCUT2D eigenvalue weighted by Crippen LogP contribution is 2.35. The monoisotopic (exact) mass is 355 g/mol. The Bertz CT molecular complexity index is 797. The molecular formula is C19H21N3O4. The molecule has 0 N–H and O–H groups in total. The highest BCUT2D eigenvalue weighted by atomic mass is 16.7. The normalized spacial score (nSPS) is 21.2. The fraction of sp³-hybridized carbons (Fsp3) is 0.474. The van der Waals surface area contributed by atoms with Gasteiger partial charge in [-0.05, 0) is 24.3 Å². The first-order valence-electron chi connectivity index (χ1n) is 9.07. The molecule has 3 aliphatic heterocycles. The molecule has 2 aromatic rings. The van der Waals surface area contributed by atoms with Crippen LogP contribution in [0.2, 0.25) is 0 Å². The van der Waals surface area contributed by atoms with E-state index in [0.717, 1.165) is 54.6 Å². The summed E-state index contributed by atoms with van der Waals surface area (Å²) in [4.78, 5) is 11.4. The van der Waals surface area contributed by atoms with Crippen LogP contribution in [0.15, 0.2) is 30.5 Å². The fourth-order valence-corrected chi connectivity index (χ4v) is 3.70. The molecule has 0 bridgehead atoms. The minimum atomic E-state index is -0.385. The van der Waals surface area contributed by atoms with Gasteiger partial charge in [0.1, 0.15) is 13.2 Å². The second-order valence-electron chi connectivity index (χ2n) is 6.69. The lowest BCUT2D eigenvalue weighted by Crippen LogP contribution is -2.45. The molecule has 2 saturated heterocycles. The van der Waals surface area contributed by atoms with Crippen molar-refractivity contribution in [3.05, 3.63) is 30.5 Å². The molecular weight excluding hydrogens is 334 g/mol. The Labute approximate surface area is 151 Å². The van der Waals surface area contributed by atoms with E-state index in [9.17, 15) is 0 Å². The van der Waals surface area contributed by atoms with Gasteiger partial charge in [-0.15, -0.1) is 0 Å². The zero-order valence-electron chi connectivity index (χ0n) is 14.5. The zero-order chi connectivity index (χ0) is 17.4. The van der Waals surface area contributed by atoms with E-state index in [1.165, 1.54) is 0 Å². The largest absolute Gasteiger partial charge is 0.486 e. The number of aromatic nitrogens is 2. The highest BCUT2D eigenvalue weighted by molar-refractivity contribution is 5.65. The number of benzene rings is 1. The molecule has 1 aromatic carbocycles. The number of nitrogens with zero attached hydrogens (tertiary/aromatic N) is 3. The summed E-state index contributed by atoms with van der Waals surface area (Å²) in [6, 6.07) is 7.84. The molecule has 0 saturated carbocycles. The average Bonchev–Trinajstić information content (AvgIpc) is 3.16. The number of ether oxygens (including phenoxy) is 4. The fourth-order valence-electron chi connectivity index (χ4n) is 3.70. The molecule has 0 atom stereocenters. The number of hydrogen-bond acceptors (Lipinski definition) is 7. The van der Waals surface area contributed by atoms with Crippen molar-refractivity contribution in [3.8, 4) is 22.8 Å². The molecule has 1 aromatic heterocycles. The van der Waals surface area contributed by atoms with Gasteiger partial charge in [0, 0.05) is 37.7 Å². The second kappa shape index (κ2) is 6.41. The van der Waals surface area contributed by atoms with E-state index >= 15 is 0 Å². The molecule has 0 amide bonds. The number of rotatable bonds is 2. The van der Waals surface area contributed by atoms with E-state index in [2.05, 4.69) is 9.88 Å². The van der Waals surface area contributed by atoms with Crippen LogP contribution >= 0.6 is 0 Å². The van der Waals surface area contributed by atoms with E-state index in [4.69, 9.17) is 23.9 Å². The lowest BCUT2D eigenvalue weighted by molar-refractivity contribution is -0.169. The Kier molecular flexibility index (Phi) is 3.90. The maximum atomic E-state index is 5.80. The zero-order valence-corrected chi connectivity index (χ0v) is 14.5. The maximum Gasteiger partial charge on any atom is 0.225 e. The van der Waals surface area contributed by atoms with Crippen molar-refractivity contribution in [1.82, 2.24) is 9.97 Å². The molecule has 5 rings (SSSR count). The molecule has 0 aliphatic carbocycles. The van der Waals surface area contributed by atoms with Crippen LogP contribution in [0, 0.1) is 0 Å². The van der Waals surface area contributed by atoms with Crippen LogP contribution in [0.25, 0.3) is 11.3 Å². The van der Waals surface area contributed by atoms with Crippen LogP contribution in [0.5, 0.6) is 11.5 Å². The Morgan fingerprint density at radius 3 is 2.46 bits per heavy atom. The first-order chi connectivity index (χ1) is 12.8. The minimum absolute atomic E-state index is 0.385. The molecule has 0 unspecified atom stereocenters. The van der Waals surface area contributed by atoms with Gasteiger partial charge >= 0.3 is 0 Å². The van der Waals surface area contributed by atoms with E-state index in [-0.39, 0.29) is 5.79 Å². The third-order valence-electron chi connectivity index (χ3n) is 5.10. The SMILES string of the molecule is c1cc(-c2ccc3c(c2)OCCO3)nc(N2CCC3(CC2)OCCO3)n1. The predicted octanol–water partition coefficient (Wildman–Crippen LogP) is 2.26. The second-order valence-corrected chi connectivity index (χ2v) is 6.69. The lowest BCUT2D eigenvalue weighted by atomic mass is 10.0. The Morgan fingerprint density at radius 2 is 1.65 bits per heavy atom. The van der Waals surface area contributed by atoms with Crippen LogP contribution in [0.1, 0.15) is 12.8 Å². The topological polar surface area (TPSA) is 65.9 Å². The summed E-state index contributed by atoms with van der Waals surface area (Å²) in [5.74, 6) is 1.91. The number of fused-ring (bicyclic) bond motifs is 1. The van der Waals surface area contributed by atoms with E-state index in [1.54, 1.807) is 6.20 Å². The third-order valence-corrected chi connectivity index (χ3v) is 5.10. The van der Waals surface area contributed by atoms with Crippen LogP contribution in [0.3, 0.4) is 0 Å². The number of hydrogen-bond donors (Lipinski definition) is 0. The number of anilines is 1. The lowest BCUT2D eigenvalue weighted by Gasteiger charge is -2.37. The van der Waals surface area contributed by atoms with Gasteiger partial charge < -0.3 is 23.8 Å². The molecule has 4 heterocycles. The van der Waals surface area contributed by atoms with Gasteiger partial charge in [0.15, 0.2) is 17.3 Å². The first kappa shape index (κ1) is 15.8. The Morgan fingerprint density at radius 1 is 0.885 bits per heavy atom. The van der Waals surface area contributed by atoms with Crippen molar-refractivity contribution >= 4 is 5.95 Å². The van der Waals surface area contributed by atoms with E-state index in [1.807, 2.05) is 24.3 Å². The molecule has 7 heteroatoms. The summed E-state index contributed by atoms with van der Waals surface area (Å²) >= 11 is 0. The summed E-state index contributed by atoms with van der Waals surface area (Å²) in [5.41, 5.74) is 1.87. The van der Waals surface area contributed by atoms with Crippen molar-refractivity contribution in [2.24, 2.45) is 0 Å². The standard InChI is InChI=1S/C19H21N3O4/c1-2-16-17(24-10-9-23-16)13-14(1)15-3-6-20-18(21-15)22-7-4-19(5-8-22)25-11-12-26-19/h1-3,6,13H,4-5,7-12H2. The van der Waals surface area contributed by atoms with Crippen molar-refractivity contribution in [1.29, 1.82) is 0 Å². The van der Waals surface area contributed by atoms with Crippen molar-refractivity contribution in [2.45, 2.75) is 18.6 Å². The van der Waals surface area contributed by atoms with Gasteiger partial charge in [-0.25, -0.2) is 9.97 Å². The summed E-state index contributed by atoms with van der Waals surface area (Å²) < 4.78 is 22.9. The van der Waals surface area contributed by atoms with Gasteiger partial charge in [-0.3, -0.25) is 0 Å². The smallest absolute Gasteiger partial charge is 0.225 e. The van der Waals surface area contributed by atoms with Gasteiger partial charge in [0.25, 0.3) is 0 Å². The van der Waals surface area contributed by atoms with Crippen LogP contribution in [-0.4, -0.2) is 55.3 Å². The molecule has 0 radical (unpaired) electrons. The van der Waals surface area contributed by atoms with Crippen molar-refractivity contribution in [3.63, 3.8) is 0 Å². The predicted molar refractivity (Wildman–Crippen MR) is 94.5 cm³/mol. The summed E-state index contributed by atoms with van der Waals surface area (Å²) in [7, 11) is 0. The van der Waals surface area contributed by atoms with Gasteiger partial charge in [-0.1, -0.05) is 0 Å². The van der Waals surface area contributed by atoms with E-state index < -0.39 is 0 Å². The average molecular weight is 355 g/mol.